The normalized spacial score (nSPS) is 24.2. The Labute approximate surface area is 168 Å². The van der Waals surface area contributed by atoms with E-state index in [1.165, 1.54) is 0 Å². The van der Waals surface area contributed by atoms with Crippen LogP contribution in [0.25, 0.3) is 0 Å². The minimum atomic E-state index is -1.70. The summed E-state index contributed by atoms with van der Waals surface area (Å²) in [7, 11) is 0. The zero-order chi connectivity index (χ0) is 19.8. The molecule has 1 aromatic rings. The van der Waals surface area contributed by atoms with E-state index < -0.39 is 11.3 Å². The predicted molar refractivity (Wildman–Crippen MR) is 103 cm³/mol. The summed E-state index contributed by atoms with van der Waals surface area (Å²) in [4.78, 5) is 2.19. The highest BCUT2D eigenvalue weighted by molar-refractivity contribution is 6.33. The number of benzene rings is 1. The van der Waals surface area contributed by atoms with Crippen molar-refractivity contribution >= 4 is 23.2 Å². The molecule has 0 saturated carbocycles. The van der Waals surface area contributed by atoms with Gasteiger partial charge in [-0.1, -0.05) is 36.2 Å². The van der Waals surface area contributed by atoms with E-state index in [0.717, 1.165) is 12.1 Å². The quantitative estimate of drug-likeness (QED) is 0.818. The molecule has 136 valence electrons. The molecule has 0 unspecified atom stereocenters. The van der Waals surface area contributed by atoms with Crippen LogP contribution >= 0.6 is 23.2 Å². The minimum Gasteiger partial charge on any atom is -0.399 e. The average molecular weight is 398 g/mol. The average Bonchev–Trinajstić information content (AvgIpc) is 2.69. The molecule has 2 aliphatic rings. The Kier molecular flexibility index (Phi) is 5.18. The van der Waals surface area contributed by atoms with Crippen LogP contribution in [0.5, 0.6) is 0 Å². The lowest BCUT2D eigenvalue weighted by molar-refractivity contribution is 0.214. The van der Waals surface area contributed by atoms with Gasteiger partial charge in [-0.05, 0) is 35.9 Å². The van der Waals surface area contributed by atoms with Crippen LogP contribution in [-0.2, 0) is 0 Å². The Hall–Kier alpha value is -2.49. The monoisotopic (exact) mass is 397 g/mol. The van der Waals surface area contributed by atoms with E-state index in [2.05, 4.69) is 23.1 Å². The second-order valence-corrected chi connectivity index (χ2v) is 7.54. The summed E-state index contributed by atoms with van der Waals surface area (Å²) in [6.07, 6.45) is 1.97. The van der Waals surface area contributed by atoms with Gasteiger partial charge in [0.05, 0.1) is 23.4 Å². The fraction of sp³-hybridized carbons (Fsp3) is 0.350. The molecule has 2 atom stereocenters. The summed E-state index contributed by atoms with van der Waals surface area (Å²) in [6.45, 7) is 4.13. The second kappa shape index (κ2) is 7.26. The van der Waals surface area contributed by atoms with Gasteiger partial charge in [0.25, 0.3) is 0 Å². The molecule has 0 amide bonds. The molecule has 0 fully saturated rings. The molecule has 7 heteroatoms. The summed E-state index contributed by atoms with van der Waals surface area (Å²) in [5, 5.41) is 30.6. The van der Waals surface area contributed by atoms with Crippen molar-refractivity contribution in [2.45, 2.75) is 12.8 Å². The van der Waals surface area contributed by atoms with E-state index in [4.69, 9.17) is 28.9 Å². The number of nitriles is 3. The molecule has 3 rings (SSSR count). The summed E-state index contributed by atoms with van der Waals surface area (Å²) >= 11 is 12.7. The molecule has 0 saturated heterocycles. The maximum atomic E-state index is 10.0. The van der Waals surface area contributed by atoms with Crippen LogP contribution in [0.1, 0.15) is 18.4 Å². The lowest BCUT2D eigenvalue weighted by atomic mass is 9.58. The summed E-state index contributed by atoms with van der Waals surface area (Å²) in [5.41, 5.74) is 6.16. The SMILES string of the molecule is CCN1CC=C2C(C#N)=C(N)C(C#N)(C#N)[C@@H](c3cc(Cl)ccc3Cl)[C@@H]2C1. The van der Waals surface area contributed by atoms with Gasteiger partial charge < -0.3 is 5.73 Å². The van der Waals surface area contributed by atoms with Gasteiger partial charge >= 0.3 is 0 Å². The van der Waals surface area contributed by atoms with Crippen molar-refractivity contribution in [3.63, 3.8) is 0 Å². The predicted octanol–water partition coefficient (Wildman–Crippen LogP) is 3.74. The van der Waals surface area contributed by atoms with E-state index in [1.807, 2.05) is 13.0 Å². The van der Waals surface area contributed by atoms with E-state index in [1.54, 1.807) is 18.2 Å². The van der Waals surface area contributed by atoms with Crippen LogP contribution in [0.4, 0.5) is 0 Å². The molecule has 0 radical (unpaired) electrons. The summed E-state index contributed by atoms with van der Waals surface area (Å²) < 4.78 is 0. The molecular weight excluding hydrogens is 381 g/mol. The third-order valence-corrected chi connectivity index (χ3v) is 6.06. The summed E-state index contributed by atoms with van der Waals surface area (Å²) in [5.74, 6) is -0.896. The zero-order valence-electron chi connectivity index (χ0n) is 14.7. The third kappa shape index (κ3) is 2.88. The van der Waals surface area contributed by atoms with Crippen molar-refractivity contribution in [2.24, 2.45) is 17.1 Å². The number of allylic oxidation sites excluding steroid dienone is 2. The summed E-state index contributed by atoms with van der Waals surface area (Å²) in [6, 6.07) is 11.3. The number of halogens is 2. The third-order valence-electron chi connectivity index (χ3n) is 5.48. The van der Waals surface area contributed by atoms with Gasteiger partial charge in [-0.2, -0.15) is 15.8 Å². The molecule has 2 N–H and O–H groups in total. The van der Waals surface area contributed by atoms with Gasteiger partial charge in [0, 0.05) is 35.0 Å². The first-order chi connectivity index (χ1) is 12.9. The molecule has 0 bridgehead atoms. The molecule has 1 aromatic carbocycles. The number of hydrogen-bond acceptors (Lipinski definition) is 5. The first kappa shape index (κ1) is 19.3. The molecule has 27 heavy (non-hydrogen) atoms. The van der Waals surface area contributed by atoms with Crippen molar-refractivity contribution < 1.29 is 0 Å². The van der Waals surface area contributed by atoms with E-state index in [-0.39, 0.29) is 17.2 Å². The second-order valence-electron chi connectivity index (χ2n) is 6.69. The van der Waals surface area contributed by atoms with E-state index >= 15 is 0 Å². The Morgan fingerprint density at radius 2 is 1.96 bits per heavy atom. The zero-order valence-corrected chi connectivity index (χ0v) is 16.2. The van der Waals surface area contributed by atoms with Gasteiger partial charge in [-0.3, -0.25) is 4.90 Å². The molecule has 1 aliphatic carbocycles. The maximum absolute atomic E-state index is 10.0. The van der Waals surface area contributed by atoms with Gasteiger partial charge in [-0.15, -0.1) is 0 Å². The number of hydrogen-bond donors (Lipinski definition) is 1. The smallest absolute Gasteiger partial charge is 0.191 e. The highest BCUT2D eigenvalue weighted by Gasteiger charge is 2.54. The first-order valence-corrected chi connectivity index (χ1v) is 9.29. The number of rotatable bonds is 2. The van der Waals surface area contributed by atoms with Gasteiger partial charge in [0.1, 0.15) is 6.07 Å². The van der Waals surface area contributed by atoms with Crippen molar-refractivity contribution in [1.29, 1.82) is 15.8 Å². The van der Waals surface area contributed by atoms with Gasteiger partial charge in [0.15, 0.2) is 5.41 Å². The standard InChI is InChI=1S/C20H17Cl2N5/c1-2-27-6-5-13-15(8-23)19(26)20(10-24,11-25)18(16(13)9-27)14-7-12(21)3-4-17(14)22/h3-5,7,16,18H,2,6,9,26H2,1H3/t16-,18+/m1/s1. The Morgan fingerprint density at radius 3 is 2.56 bits per heavy atom. The molecule has 0 spiro atoms. The topological polar surface area (TPSA) is 101 Å². The van der Waals surface area contributed by atoms with Crippen LogP contribution in [0.3, 0.4) is 0 Å². The number of nitrogens with zero attached hydrogens (tertiary/aromatic N) is 4. The highest BCUT2D eigenvalue weighted by Crippen LogP contribution is 2.55. The van der Waals surface area contributed by atoms with Crippen molar-refractivity contribution in [1.82, 2.24) is 4.90 Å². The number of likely N-dealkylation sites (N-methyl/N-ethyl adjacent to an activating group) is 1. The van der Waals surface area contributed by atoms with E-state index in [0.29, 0.717) is 28.7 Å². The maximum Gasteiger partial charge on any atom is 0.191 e. The molecular formula is C20H17Cl2N5. The fourth-order valence-corrected chi connectivity index (χ4v) is 4.51. The van der Waals surface area contributed by atoms with Crippen molar-refractivity contribution in [2.75, 3.05) is 19.6 Å². The first-order valence-electron chi connectivity index (χ1n) is 8.54. The number of fused-ring (bicyclic) bond motifs is 1. The van der Waals surface area contributed by atoms with E-state index in [9.17, 15) is 15.8 Å². The largest absolute Gasteiger partial charge is 0.399 e. The molecule has 0 aromatic heterocycles. The Balaban J connectivity index is 2.36. The lowest BCUT2D eigenvalue weighted by Gasteiger charge is -2.45. The van der Waals surface area contributed by atoms with Crippen LogP contribution in [-0.4, -0.2) is 24.5 Å². The van der Waals surface area contributed by atoms with Crippen LogP contribution in [0, 0.1) is 45.3 Å². The Morgan fingerprint density at radius 1 is 1.26 bits per heavy atom. The van der Waals surface area contributed by atoms with Crippen molar-refractivity contribution in [3.8, 4) is 18.2 Å². The van der Waals surface area contributed by atoms with Gasteiger partial charge in [0.2, 0.25) is 0 Å². The molecule has 1 heterocycles. The lowest BCUT2D eigenvalue weighted by Crippen LogP contribution is -2.48. The molecule has 5 nitrogen and oxygen atoms in total. The molecule has 1 aliphatic heterocycles. The van der Waals surface area contributed by atoms with Crippen molar-refractivity contribution in [3.05, 3.63) is 56.7 Å². The van der Waals surface area contributed by atoms with Crippen LogP contribution < -0.4 is 5.73 Å². The fourth-order valence-electron chi connectivity index (χ4n) is 4.09. The Bertz CT molecular complexity index is 960. The highest BCUT2D eigenvalue weighted by atomic mass is 35.5. The van der Waals surface area contributed by atoms with Gasteiger partial charge in [-0.25, -0.2) is 0 Å². The van der Waals surface area contributed by atoms with Crippen LogP contribution in [0.15, 0.2) is 41.1 Å². The van der Waals surface area contributed by atoms with Crippen LogP contribution in [0.2, 0.25) is 10.0 Å². The minimum absolute atomic E-state index is 0.0107. The number of nitrogens with two attached hydrogens (primary N) is 1.